The van der Waals surface area contributed by atoms with Crippen molar-refractivity contribution in [3.8, 4) is 0 Å². The number of benzene rings is 2. The van der Waals surface area contributed by atoms with Gasteiger partial charge in [0.25, 0.3) is 0 Å². The molecule has 2 N–H and O–H groups in total. The molecule has 5 nitrogen and oxygen atoms in total. The van der Waals surface area contributed by atoms with Crippen LogP contribution in [0.1, 0.15) is 30.5 Å². The average molecular weight is 427 g/mol. The van der Waals surface area contributed by atoms with Crippen molar-refractivity contribution in [2.24, 2.45) is 0 Å². The summed E-state index contributed by atoms with van der Waals surface area (Å²) in [5.41, 5.74) is 1.58. The summed E-state index contributed by atoms with van der Waals surface area (Å²) >= 11 is 11.9. The summed E-state index contributed by atoms with van der Waals surface area (Å²) in [6.45, 7) is 1.81. The molecular weight excluding hydrogens is 407 g/mol. The Kier molecular flexibility index (Phi) is 7.86. The topological polar surface area (TPSA) is 75.3 Å². The van der Waals surface area contributed by atoms with Gasteiger partial charge in [-0.05, 0) is 36.3 Å². The molecule has 144 valence electrons. The zero-order chi connectivity index (χ0) is 19.9. The van der Waals surface area contributed by atoms with Crippen molar-refractivity contribution in [3.05, 3.63) is 75.1 Å². The Labute approximate surface area is 169 Å². The van der Waals surface area contributed by atoms with Gasteiger partial charge in [0, 0.05) is 18.4 Å². The first-order chi connectivity index (χ1) is 12.8. The third-order valence-electron chi connectivity index (χ3n) is 3.72. The van der Waals surface area contributed by atoms with Crippen molar-refractivity contribution in [1.82, 2.24) is 10.0 Å². The van der Waals surface area contributed by atoms with Crippen LogP contribution in [0.3, 0.4) is 0 Å². The maximum Gasteiger partial charge on any atom is 0.233 e. The summed E-state index contributed by atoms with van der Waals surface area (Å²) in [5, 5.41) is 4.73. The molecule has 0 heterocycles. The summed E-state index contributed by atoms with van der Waals surface area (Å²) in [5.74, 6) is -0.275. The van der Waals surface area contributed by atoms with Crippen LogP contribution in [0.5, 0.6) is 0 Å². The van der Waals surface area contributed by atoms with Crippen molar-refractivity contribution in [3.63, 3.8) is 0 Å². The van der Waals surface area contributed by atoms with Crippen LogP contribution in [0.2, 0.25) is 10.0 Å². The van der Waals surface area contributed by atoms with Crippen LogP contribution in [-0.4, -0.2) is 20.9 Å². The van der Waals surface area contributed by atoms with Crippen molar-refractivity contribution >= 4 is 45.2 Å². The molecule has 0 bridgehead atoms. The van der Waals surface area contributed by atoms with E-state index in [1.54, 1.807) is 30.3 Å². The molecule has 8 heteroatoms. The summed E-state index contributed by atoms with van der Waals surface area (Å²) in [4.78, 5) is 12.0. The van der Waals surface area contributed by atoms with Crippen LogP contribution >= 0.6 is 23.2 Å². The minimum absolute atomic E-state index is 0.00138. The lowest BCUT2D eigenvalue weighted by Gasteiger charge is -2.15. The molecule has 0 aliphatic carbocycles. The Balaban J connectivity index is 1.81. The molecule has 2 aromatic rings. The highest BCUT2D eigenvalue weighted by atomic mass is 35.5. The molecule has 0 spiro atoms. The van der Waals surface area contributed by atoms with E-state index in [9.17, 15) is 13.2 Å². The molecule has 0 aliphatic heterocycles. The molecule has 0 fully saturated rings. The Hall–Kier alpha value is -1.86. The van der Waals surface area contributed by atoms with Gasteiger partial charge in [0.15, 0.2) is 0 Å². The third kappa shape index (κ3) is 7.34. The molecule has 0 aromatic heterocycles. The molecule has 0 saturated carbocycles. The number of sulfonamides is 1. The monoisotopic (exact) mass is 426 g/mol. The molecule has 0 saturated heterocycles. The quantitative estimate of drug-likeness (QED) is 0.665. The molecule has 0 aliphatic rings. The van der Waals surface area contributed by atoms with Gasteiger partial charge in [-0.15, -0.1) is 0 Å². The predicted molar refractivity (Wildman–Crippen MR) is 110 cm³/mol. The standard InChI is InChI=1S/C19H20Cl2N2O3S/c1-14(16-7-8-17(20)18(21)13-16)23-19(24)9-11-22-27(25,26)12-10-15-5-3-2-4-6-15/h2-8,10,12-14,22H,9,11H2,1H3,(H,23,24)/b12-10+. The van der Waals surface area contributed by atoms with Gasteiger partial charge >= 0.3 is 0 Å². The summed E-state index contributed by atoms with van der Waals surface area (Å²) in [6, 6.07) is 13.9. The van der Waals surface area contributed by atoms with E-state index in [-0.39, 0.29) is 24.9 Å². The lowest BCUT2D eigenvalue weighted by Crippen LogP contribution is -2.31. The van der Waals surface area contributed by atoms with E-state index < -0.39 is 10.0 Å². The van der Waals surface area contributed by atoms with E-state index in [0.717, 1.165) is 16.5 Å². The fraction of sp³-hybridized carbons (Fsp3) is 0.211. The highest BCUT2D eigenvalue weighted by Crippen LogP contribution is 2.25. The zero-order valence-corrected chi connectivity index (χ0v) is 17.0. The van der Waals surface area contributed by atoms with Gasteiger partial charge in [-0.25, -0.2) is 13.1 Å². The number of rotatable bonds is 8. The number of hydrogen-bond donors (Lipinski definition) is 2. The predicted octanol–water partition coefficient (Wildman–Crippen LogP) is 4.15. The number of hydrogen-bond acceptors (Lipinski definition) is 3. The zero-order valence-electron chi connectivity index (χ0n) is 14.7. The van der Waals surface area contributed by atoms with Crippen molar-refractivity contribution < 1.29 is 13.2 Å². The van der Waals surface area contributed by atoms with Crippen molar-refractivity contribution in [1.29, 1.82) is 0 Å². The van der Waals surface area contributed by atoms with Gasteiger partial charge in [0.2, 0.25) is 15.9 Å². The Bertz CT molecular complexity index is 916. The summed E-state index contributed by atoms with van der Waals surface area (Å²) in [6.07, 6.45) is 1.51. The van der Waals surface area contributed by atoms with Gasteiger partial charge in [-0.1, -0.05) is 59.6 Å². The molecular formula is C19H20Cl2N2O3S. The number of nitrogens with one attached hydrogen (secondary N) is 2. The molecule has 0 radical (unpaired) electrons. The fourth-order valence-corrected chi connectivity index (χ4v) is 3.39. The van der Waals surface area contributed by atoms with E-state index in [1.165, 1.54) is 6.08 Å². The minimum atomic E-state index is -3.61. The maximum absolute atomic E-state index is 12.0. The van der Waals surface area contributed by atoms with Gasteiger partial charge in [-0.2, -0.15) is 0 Å². The van der Waals surface area contributed by atoms with Crippen LogP contribution in [0, 0.1) is 0 Å². The smallest absolute Gasteiger partial charge is 0.233 e. The van der Waals surface area contributed by atoms with E-state index in [4.69, 9.17) is 23.2 Å². The maximum atomic E-state index is 12.0. The first kappa shape index (κ1) is 21.4. The first-order valence-corrected chi connectivity index (χ1v) is 10.5. The van der Waals surface area contributed by atoms with Crippen molar-refractivity contribution in [2.45, 2.75) is 19.4 Å². The molecule has 2 rings (SSSR count). The summed E-state index contributed by atoms with van der Waals surface area (Å²) < 4.78 is 26.3. The minimum Gasteiger partial charge on any atom is -0.350 e. The largest absolute Gasteiger partial charge is 0.350 e. The third-order valence-corrected chi connectivity index (χ3v) is 5.56. The average Bonchev–Trinajstić information content (AvgIpc) is 2.63. The Morgan fingerprint density at radius 2 is 1.81 bits per heavy atom. The summed E-state index contributed by atoms with van der Waals surface area (Å²) in [7, 11) is -3.61. The molecule has 1 amide bonds. The van der Waals surface area contributed by atoms with Crippen LogP contribution in [0.15, 0.2) is 53.9 Å². The van der Waals surface area contributed by atoms with Crippen LogP contribution in [-0.2, 0) is 14.8 Å². The van der Waals surface area contributed by atoms with Gasteiger partial charge in [-0.3, -0.25) is 4.79 Å². The second-order valence-electron chi connectivity index (χ2n) is 5.87. The molecule has 27 heavy (non-hydrogen) atoms. The number of carbonyl (C=O) groups excluding carboxylic acids is 1. The SMILES string of the molecule is CC(NC(=O)CCNS(=O)(=O)/C=C/c1ccccc1)c1ccc(Cl)c(Cl)c1. The highest BCUT2D eigenvalue weighted by molar-refractivity contribution is 7.92. The normalized spacial score (nSPS) is 12.9. The first-order valence-electron chi connectivity index (χ1n) is 8.24. The van der Waals surface area contributed by atoms with Crippen LogP contribution in [0.4, 0.5) is 0 Å². The number of amides is 1. The van der Waals surface area contributed by atoms with Gasteiger partial charge in [0.05, 0.1) is 16.1 Å². The van der Waals surface area contributed by atoms with E-state index in [0.29, 0.717) is 10.0 Å². The molecule has 2 aromatic carbocycles. The Morgan fingerprint density at radius 1 is 1.11 bits per heavy atom. The van der Waals surface area contributed by atoms with Gasteiger partial charge < -0.3 is 5.32 Å². The van der Waals surface area contributed by atoms with Crippen molar-refractivity contribution in [2.75, 3.05) is 6.54 Å². The second kappa shape index (κ2) is 9.90. The lowest BCUT2D eigenvalue weighted by molar-refractivity contribution is -0.121. The Morgan fingerprint density at radius 3 is 2.48 bits per heavy atom. The number of halogens is 2. The van der Waals surface area contributed by atoms with E-state index in [2.05, 4.69) is 10.0 Å². The second-order valence-corrected chi connectivity index (χ2v) is 8.33. The molecule has 1 atom stereocenters. The van der Waals surface area contributed by atoms with E-state index >= 15 is 0 Å². The van der Waals surface area contributed by atoms with Crippen LogP contribution < -0.4 is 10.0 Å². The fourth-order valence-electron chi connectivity index (χ4n) is 2.27. The lowest BCUT2D eigenvalue weighted by atomic mass is 10.1. The van der Waals surface area contributed by atoms with Crippen LogP contribution in [0.25, 0.3) is 6.08 Å². The number of carbonyl (C=O) groups is 1. The molecule has 1 unspecified atom stereocenters. The van der Waals surface area contributed by atoms with E-state index in [1.807, 2.05) is 25.1 Å². The van der Waals surface area contributed by atoms with Gasteiger partial charge in [0.1, 0.15) is 0 Å². The highest BCUT2D eigenvalue weighted by Gasteiger charge is 2.12.